The molecule has 148 valence electrons. The van der Waals surface area contributed by atoms with Gasteiger partial charge >= 0.3 is 6.36 Å². The highest BCUT2D eigenvalue weighted by Crippen LogP contribution is 2.28. The molecule has 0 radical (unpaired) electrons. The molecule has 11 heteroatoms. The topological polar surface area (TPSA) is 69.0 Å². The van der Waals surface area contributed by atoms with Gasteiger partial charge in [0.25, 0.3) is 0 Å². The van der Waals surface area contributed by atoms with Gasteiger partial charge in [-0.3, -0.25) is 4.79 Å². The summed E-state index contributed by atoms with van der Waals surface area (Å²) in [5, 5.41) is 13.4. The number of anilines is 1. The number of hydrogen-bond donors (Lipinski definition) is 1. The minimum Gasteiger partial charge on any atom is -0.406 e. The lowest BCUT2D eigenvalue weighted by Gasteiger charge is -2.11. The van der Waals surface area contributed by atoms with Gasteiger partial charge in [-0.25, -0.2) is 0 Å². The first kappa shape index (κ1) is 20.2. The summed E-state index contributed by atoms with van der Waals surface area (Å²) in [6, 6.07) is 8.98. The number of aromatic nitrogens is 3. The highest BCUT2D eigenvalue weighted by atomic mass is 32.2. The van der Waals surface area contributed by atoms with E-state index in [1.165, 1.54) is 23.9 Å². The fourth-order valence-electron chi connectivity index (χ4n) is 2.37. The van der Waals surface area contributed by atoms with Crippen molar-refractivity contribution in [2.24, 2.45) is 0 Å². The van der Waals surface area contributed by atoms with Gasteiger partial charge in [0.1, 0.15) is 5.75 Å². The van der Waals surface area contributed by atoms with Crippen molar-refractivity contribution in [3.8, 4) is 16.5 Å². The van der Waals surface area contributed by atoms with Gasteiger partial charge in [0, 0.05) is 18.3 Å². The lowest BCUT2D eigenvalue weighted by atomic mass is 10.3. The second-order valence-electron chi connectivity index (χ2n) is 5.44. The third kappa shape index (κ3) is 5.26. The third-order valence-electron chi connectivity index (χ3n) is 3.46. The second kappa shape index (κ2) is 8.65. The Morgan fingerprint density at radius 1 is 1.29 bits per heavy atom. The van der Waals surface area contributed by atoms with Gasteiger partial charge in [-0.05, 0) is 30.5 Å². The number of halogens is 3. The summed E-state index contributed by atoms with van der Waals surface area (Å²) in [7, 11) is 0. The first-order chi connectivity index (χ1) is 13.4. The molecule has 2 heterocycles. The van der Waals surface area contributed by atoms with Crippen molar-refractivity contribution in [1.29, 1.82) is 0 Å². The first-order valence-corrected chi connectivity index (χ1v) is 9.98. The van der Waals surface area contributed by atoms with Crippen LogP contribution in [-0.4, -0.2) is 32.8 Å². The maximum atomic E-state index is 12.3. The minimum atomic E-state index is -4.79. The van der Waals surface area contributed by atoms with E-state index in [1.807, 2.05) is 29.0 Å². The third-order valence-corrected chi connectivity index (χ3v) is 5.29. The van der Waals surface area contributed by atoms with Crippen LogP contribution in [0.15, 0.2) is 46.9 Å². The Balaban J connectivity index is 1.62. The van der Waals surface area contributed by atoms with Gasteiger partial charge in [0.05, 0.1) is 10.6 Å². The number of rotatable bonds is 7. The number of thiophene rings is 1. The number of amides is 1. The molecule has 1 amide bonds. The van der Waals surface area contributed by atoms with Gasteiger partial charge in [-0.2, -0.15) is 0 Å². The number of alkyl halides is 3. The predicted octanol–water partition coefficient (Wildman–Crippen LogP) is 4.66. The second-order valence-corrected chi connectivity index (χ2v) is 7.33. The highest BCUT2D eigenvalue weighted by Gasteiger charge is 2.31. The van der Waals surface area contributed by atoms with Crippen molar-refractivity contribution in [2.45, 2.75) is 25.0 Å². The van der Waals surface area contributed by atoms with E-state index < -0.39 is 12.1 Å². The Morgan fingerprint density at radius 3 is 2.79 bits per heavy atom. The van der Waals surface area contributed by atoms with Crippen LogP contribution in [0, 0.1) is 0 Å². The van der Waals surface area contributed by atoms with Gasteiger partial charge in [-0.1, -0.05) is 23.9 Å². The molecule has 0 fully saturated rings. The number of nitrogens with one attached hydrogen (secondary N) is 1. The van der Waals surface area contributed by atoms with Gasteiger partial charge in [0.2, 0.25) is 5.91 Å². The zero-order valence-electron chi connectivity index (χ0n) is 14.6. The van der Waals surface area contributed by atoms with Gasteiger partial charge < -0.3 is 14.6 Å². The van der Waals surface area contributed by atoms with E-state index in [1.54, 1.807) is 11.3 Å². The van der Waals surface area contributed by atoms with E-state index in [0.717, 1.165) is 22.8 Å². The Labute approximate surface area is 166 Å². The number of hydrogen-bond acceptors (Lipinski definition) is 6. The first-order valence-electron chi connectivity index (χ1n) is 8.11. The molecular formula is C17H15F3N4O2S2. The molecular weight excluding hydrogens is 413 g/mol. The summed E-state index contributed by atoms with van der Waals surface area (Å²) in [5.74, 6) is -0.00779. The number of benzene rings is 1. The summed E-state index contributed by atoms with van der Waals surface area (Å²) in [6.45, 7) is 2.59. The predicted molar refractivity (Wildman–Crippen MR) is 101 cm³/mol. The smallest absolute Gasteiger partial charge is 0.406 e. The molecule has 0 unspecified atom stereocenters. The van der Waals surface area contributed by atoms with E-state index in [9.17, 15) is 18.0 Å². The van der Waals surface area contributed by atoms with Gasteiger partial charge in [-0.15, -0.1) is 34.7 Å². The van der Waals surface area contributed by atoms with Crippen molar-refractivity contribution >= 4 is 34.7 Å². The van der Waals surface area contributed by atoms with E-state index in [2.05, 4.69) is 20.3 Å². The normalized spacial score (nSPS) is 11.4. The molecule has 0 bridgehead atoms. The Hall–Kier alpha value is -2.53. The van der Waals surface area contributed by atoms with Crippen molar-refractivity contribution in [1.82, 2.24) is 14.8 Å². The molecule has 2 aromatic heterocycles. The largest absolute Gasteiger partial charge is 0.573 e. The van der Waals surface area contributed by atoms with Crippen molar-refractivity contribution < 1.29 is 22.7 Å². The molecule has 0 spiro atoms. The number of carbonyl (C=O) groups is 1. The van der Waals surface area contributed by atoms with Gasteiger partial charge in [0.15, 0.2) is 11.0 Å². The number of ether oxygens (including phenoxy) is 1. The van der Waals surface area contributed by atoms with Crippen LogP contribution < -0.4 is 10.1 Å². The van der Waals surface area contributed by atoms with Crippen LogP contribution in [0.25, 0.3) is 10.7 Å². The Kier molecular flexibility index (Phi) is 6.25. The van der Waals surface area contributed by atoms with Crippen molar-refractivity contribution in [2.75, 3.05) is 11.1 Å². The monoisotopic (exact) mass is 428 g/mol. The van der Waals surface area contributed by atoms with E-state index >= 15 is 0 Å². The molecule has 1 N–H and O–H groups in total. The van der Waals surface area contributed by atoms with Crippen LogP contribution in [0.5, 0.6) is 5.75 Å². The summed E-state index contributed by atoms with van der Waals surface area (Å²) in [5.41, 5.74) is 0.212. The molecule has 0 atom stereocenters. The fourth-order valence-corrected chi connectivity index (χ4v) is 3.89. The van der Waals surface area contributed by atoms with Crippen LogP contribution >= 0.6 is 23.1 Å². The van der Waals surface area contributed by atoms with E-state index in [4.69, 9.17) is 0 Å². The molecule has 0 saturated carbocycles. The van der Waals surface area contributed by atoms with Crippen molar-refractivity contribution in [3.05, 3.63) is 41.8 Å². The molecule has 0 saturated heterocycles. The Morgan fingerprint density at radius 2 is 2.11 bits per heavy atom. The summed E-state index contributed by atoms with van der Waals surface area (Å²) < 4.78 is 42.6. The molecule has 3 rings (SSSR count). The molecule has 0 aliphatic heterocycles. The number of nitrogens with zero attached hydrogens (tertiary/aromatic N) is 3. The highest BCUT2D eigenvalue weighted by molar-refractivity contribution is 7.99. The van der Waals surface area contributed by atoms with Crippen LogP contribution in [0.4, 0.5) is 18.9 Å². The maximum Gasteiger partial charge on any atom is 0.573 e. The summed E-state index contributed by atoms with van der Waals surface area (Å²) in [4.78, 5) is 13.1. The average Bonchev–Trinajstić information content (AvgIpc) is 3.27. The SMILES string of the molecule is CCn1c(SCC(=O)Nc2cccc(OC(F)(F)F)c2)nnc1-c1cccs1. The molecule has 28 heavy (non-hydrogen) atoms. The van der Waals surface area contributed by atoms with Crippen LogP contribution in [-0.2, 0) is 11.3 Å². The van der Waals surface area contributed by atoms with Crippen LogP contribution in [0.3, 0.4) is 0 Å². The molecule has 1 aromatic carbocycles. The van der Waals surface area contributed by atoms with Crippen LogP contribution in [0.2, 0.25) is 0 Å². The lowest BCUT2D eigenvalue weighted by molar-refractivity contribution is -0.274. The van der Waals surface area contributed by atoms with E-state index in [0.29, 0.717) is 11.7 Å². The van der Waals surface area contributed by atoms with Crippen LogP contribution in [0.1, 0.15) is 6.92 Å². The summed E-state index contributed by atoms with van der Waals surface area (Å²) in [6.07, 6.45) is -4.79. The quantitative estimate of drug-likeness (QED) is 0.555. The zero-order valence-corrected chi connectivity index (χ0v) is 16.2. The standard InChI is InChI=1S/C17H15F3N4O2S2/c1-2-24-15(13-7-4-8-27-13)22-23-16(24)28-10-14(25)21-11-5-3-6-12(9-11)26-17(18,19)20/h3-9H,2,10H2,1H3,(H,21,25). The molecule has 0 aliphatic carbocycles. The maximum absolute atomic E-state index is 12.3. The van der Waals surface area contributed by atoms with Crippen molar-refractivity contribution in [3.63, 3.8) is 0 Å². The zero-order chi connectivity index (χ0) is 20.1. The molecule has 6 nitrogen and oxygen atoms in total. The summed E-state index contributed by atoms with van der Waals surface area (Å²) >= 11 is 2.75. The van der Waals surface area contributed by atoms with E-state index in [-0.39, 0.29) is 17.3 Å². The Bertz CT molecular complexity index is 942. The average molecular weight is 428 g/mol. The minimum absolute atomic E-state index is 0.0347. The number of carbonyl (C=O) groups excluding carboxylic acids is 1. The molecule has 0 aliphatic rings. The molecule has 3 aromatic rings. The number of thioether (sulfide) groups is 1. The lowest BCUT2D eigenvalue weighted by Crippen LogP contribution is -2.18. The fraction of sp³-hybridized carbons (Fsp3) is 0.235.